The van der Waals surface area contributed by atoms with Gasteiger partial charge in [-0.25, -0.2) is 0 Å². The Morgan fingerprint density at radius 1 is 0.938 bits per heavy atom. The van der Waals surface area contributed by atoms with Crippen molar-refractivity contribution in [2.75, 3.05) is 0 Å². The highest BCUT2D eigenvalue weighted by Crippen LogP contribution is 2.61. The minimum atomic E-state index is -4.42. The van der Waals surface area contributed by atoms with E-state index in [2.05, 4.69) is 0 Å². The molecule has 0 rings (SSSR count). The molecule has 0 aliphatic heterocycles. The largest absolute Gasteiger partial charge is 0.393 e. The molecule has 0 fully saturated rings. The molecule has 0 nitrogen and oxygen atoms in total. The van der Waals surface area contributed by atoms with Crippen molar-refractivity contribution in [1.82, 2.24) is 0 Å². The van der Waals surface area contributed by atoms with Gasteiger partial charge >= 0.3 is 6.18 Å². The van der Waals surface area contributed by atoms with Crippen LogP contribution in [-0.2, 0) is 0 Å². The third-order valence-electron chi connectivity index (χ3n) is 3.74. The first-order chi connectivity index (χ1) is 6.81. The summed E-state index contributed by atoms with van der Waals surface area (Å²) in [6.45, 7) is 7.39. The average molecular weight is 230 g/mol. The first-order valence-corrected chi connectivity index (χ1v) is 5.45. The molecule has 0 unspecified atom stereocenters. The second-order valence-corrected chi connectivity index (χ2v) is 5.63. The first kappa shape index (κ1) is 15.9. The quantitative estimate of drug-likeness (QED) is 0.643. The van der Waals surface area contributed by atoms with E-state index in [4.69, 9.17) is 15.7 Å². The Balaban J connectivity index is 5.34. The Kier molecular flexibility index (Phi) is 4.28. The zero-order chi connectivity index (χ0) is 13.4. The lowest BCUT2D eigenvalue weighted by Gasteiger charge is -2.54. The molecule has 16 heavy (non-hydrogen) atoms. The predicted octanol–water partition coefficient (Wildman–Crippen LogP) is 3.85. The van der Waals surface area contributed by atoms with Gasteiger partial charge in [-0.3, -0.25) is 0 Å². The molecule has 0 amide bonds. The molecule has 0 aliphatic rings. The summed E-state index contributed by atoms with van der Waals surface area (Å²) in [5.74, 6) is 0. The number of halogens is 3. The molecular formula is C11H19B2F3. The Labute approximate surface area is 99.2 Å². The molecule has 0 aromatic heterocycles. The van der Waals surface area contributed by atoms with Crippen LogP contribution in [0.4, 0.5) is 13.2 Å². The van der Waals surface area contributed by atoms with Crippen molar-refractivity contribution in [2.24, 2.45) is 10.8 Å². The number of hydrogen-bond donors (Lipinski definition) is 0. The first-order valence-electron chi connectivity index (χ1n) is 5.45. The molecule has 90 valence electrons. The van der Waals surface area contributed by atoms with Crippen LogP contribution in [0.25, 0.3) is 0 Å². The fourth-order valence-electron chi connectivity index (χ4n) is 1.91. The average Bonchev–Trinajstić information content (AvgIpc) is 2.01. The highest BCUT2D eigenvalue weighted by molar-refractivity contribution is 6.41. The maximum atomic E-state index is 12.9. The maximum Gasteiger partial charge on any atom is 0.393 e. The predicted molar refractivity (Wildman–Crippen MR) is 62.7 cm³/mol. The Hall–Kier alpha value is -0.0801. The van der Waals surface area contributed by atoms with E-state index in [0.717, 1.165) is 20.3 Å². The lowest BCUT2D eigenvalue weighted by atomic mass is 9.33. The summed E-state index contributed by atoms with van der Waals surface area (Å²) < 4.78 is 38.8. The van der Waals surface area contributed by atoms with Crippen molar-refractivity contribution in [3.63, 3.8) is 0 Å². The molecule has 0 saturated heterocycles. The van der Waals surface area contributed by atoms with E-state index < -0.39 is 22.2 Å². The highest BCUT2D eigenvalue weighted by atomic mass is 19.4. The molecule has 4 radical (unpaired) electrons. The van der Waals surface area contributed by atoms with Crippen molar-refractivity contribution in [3.05, 3.63) is 0 Å². The molecular weight excluding hydrogens is 211 g/mol. The van der Waals surface area contributed by atoms with Gasteiger partial charge < -0.3 is 0 Å². The van der Waals surface area contributed by atoms with Gasteiger partial charge in [0, 0.05) is 0 Å². The van der Waals surface area contributed by atoms with Crippen molar-refractivity contribution < 1.29 is 13.2 Å². The molecule has 0 heterocycles. The van der Waals surface area contributed by atoms with E-state index in [9.17, 15) is 13.2 Å². The number of alkyl halides is 3. The SMILES string of the molecule is [B]C([B])(C(C)(C)CCC)C(C)(C)C(F)(F)F. The van der Waals surface area contributed by atoms with E-state index in [-0.39, 0.29) is 0 Å². The summed E-state index contributed by atoms with van der Waals surface area (Å²) in [7, 11) is 11.6. The molecule has 5 heteroatoms. The molecule has 0 spiro atoms. The zero-order valence-electron chi connectivity index (χ0n) is 10.7. The van der Waals surface area contributed by atoms with Gasteiger partial charge in [-0.1, -0.05) is 46.3 Å². The highest BCUT2D eigenvalue weighted by Gasteiger charge is 2.59. The van der Waals surface area contributed by atoms with Gasteiger partial charge in [0.05, 0.1) is 21.1 Å². The number of hydrogen-bond acceptors (Lipinski definition) is 0. The fourth-order valence-corrected chi connectivity index (χ4v) is 1.91. The van der Waals surface area contributed by atoms with Gasteiger partial charge in [0.15, 0.2) is 0 Å². The van der Waals surface area contributed by atoms with Crippen LogP contribution in [0.1, 0.15) is 47.5 Å². The number of rotatable bonds is 4. The summed E-state index contributed by atoms with van der Waals surface area (Å²) >= 11 is 0. The van der Waals surface area contributed by atoms with E-state index in [1.807, 2.05) is 6.92 Å². The third-order valence-corrected chi connectivity index (χ3v) is 3.74. The standard InChI is InChI=1S/C11H19B2F3/c1-6-7-8(2,3)10(12,13)9(4,5)11(14,15)16/h6-7H2,1-5H3. The van der Waals surface area contributed by atoms with Crippen molar-refractivity contribution in [1.29, 1.82) is 0 Å². The summed E-state index contributed by atoms with van der Waals surface area (Å²) in [4.78, 5) is 0. The lowest BCUT2D eigenvalue weighted by Crippen LogP contribution is -2.51. The molecule has 0 N–H and O–H groups in total. The molecule has 0 aromatic carbocycles. The lowest BCUT2D eigenvalue weighted by molar-refractivity contribution is -0.226. The van der Waals surface area contributed by atoms with E-state index in [1.54, 1.807) is 13.8 Å². The van der Waals surface area contributed by atoms with Gasteiger partial charge in [-0.2, -0.15) is 13.2 Å². The van der Waals surface area contributed by atoms with Crippen LogP contribution in [0, 0.1) is 10.8 Å². The van der Waals surface area contributed by atoms with Crippen LogP contribution >= 0.6 is 0 Å². The molecule has 0 atom stereocenters. The van der Waals surface area contributed by atoms with Crippen molar-refractivity contribution in [2.45, 2.75) is 58.9 Å². The second-order valence-electron chi connectivity index (χ2n) is 5.63. The van der Waals surface area contributed by atoms with Crippen molar-refractivity contribution >= 4 is 15.7 Å². The zero-order valence-corrected chi connectivity index (χ0v) is 10.7. The van der Waals surface area contributed by atoms with Crippen LogP contribution in [-0.4, -0.2) is 21.9 Å². The summed E-state index contributed by atoms with van der Waals surface area (Å²) in [6, 6.07) is 0. The van der Waals surface area contributed by atoms with Crippen LogP contribution in [0.5, 0.6) is 0 Å². The fraction of sp³-hybridized carbons (Fsp3) is 1.00. The van der Waals surface area contributed by atoms with E-state index in [0.29, 0.717) is 6.42 Å². The minimum Gasteiger partial charge on any atom is -0.171 e. The third kappa shape index (κ3) is 2.43. The topological polar surface area (TPSA) is 0 Å². The van der Waals surface area contributed by atoms with Crippen LogP contribution < -0.4 is 0 Å². The van der Waals surface area contributed by atoms with Gasteiger partial charge in [0.1, 0.15) is 0 Å². The van der Waals surface area contributed by atoms with Crippen LogP contribution in [0.2, 0.25) is 5.21 Å². The van der Waals surface area contributed by atoms with Gasteiger partial charge in [-0.05, 0) is 11.8 Å². The van der Waals surface area contributed by atoms with Crippen LogP contribution in [0.15, 0.2) is 0 Å². The summed E-state index contributed by atoms with van der Waals surface area (Å²) in [5, 5.41) is -1.80. The monoisotopic (exact) mass is 230 g/mol. The molecule has 0 saturated carbocycles. The Bertz CT molecular complexity index is 242. The summed E-state index contributed by atoms with van der Waals surface area (Å²) in [5.41, 5.74) is -2.90. The van der Waals surface area contributed by atoms with Crippen molar-refractivity contribution in [3.8, 4) is 0 Å². The van der Waals surface area contributed by atoms with Crippen LogP contribution in [0.3, 0.4) is 0 Å². The molecule has 0 aromatic rings. The molecule has 0 bridgehead atoms. The van der Waals surface area contributed by atoms with Gasteiger partial charge in [-0.15, -0.1) is 0 Å². The Morgan fingerprint density at radius 3 is 1.56 bits per heavy atom. The second kappa shape index (κ2) is 4.30. The minimum absolute atomic E-state index is 0.555. The molecule has 0 aliphatic carbocycles. The van der Waals surface area contributed by atoms with E-state index in [1.165, 1.54) is 0 Å². The van der Waals surface area contributed by atoms with Gasteiger partial charge in [0.2, 0.25) is 0 Å². The normalized spacial score (nSPS) is 15.2. The van der Waals surface area contributed by atoms with Gasteiger partial charge in [0.25, 0.3) is 0 Å². The smallest absolute Gasteiger partial charge is 0.171 e. The maximum absolute atomic E-state index is 12.9. The summed E-state index contributed by atoms with van der Waals surface area (Å²) in [6.07, 6.45) is -3.11. The van der Waals surface area contributed by atoms with E-state index >= 15 is 0 Å². The Morgan fingerprint density at radius 2 is 1.31 bits per heavy atom.